The predicted molar refractivity (Wildman–Crippen MR) is 324 cm³/mol. The van der Waals surface area contributed by atoms with E-state index < -0.39 is 24.3 Å². The standard InChI is InChI=1S/C68H117NO8/c1-6-8-10-12-14-16-18-20-22-24-26-28-29-30-31-32-33-34-35-36-37-39-41-43-45-47-49-51-53-55-57-59-66(71)77-64(63-76-68(67(72)73)74-61-60-69(3,4)5)62-75-65(70)58-56-54-52-50-48-46-44-42-40-38-27-25-23-21-19-17-15-13-11-9-7-2/h8,10,14,16,19-22,25-28,30-31,33-34,64,68H,6-7,9,11-13,15,17-18,23-24,29,32,35-63H2,1-5H3/b10-8-,16-14-,21-19-,22-20-,27-25-,28-26-,31-30-,34-33-. The summed E-state index contributed by atoms with van der Waals surface area (Å²) >= 11 is 0. The monoisotopic (exact) mass is 1080 g/mol. The molecule has 0 heterocycles. The lowest BCUT2D eigenvalue weighted by atomic mass is 10.0. The molecule has 0 aliphatic carbocycles. The lowest BCUT2D eigenvalue weighted by Gasteiger charge is -2.26. The average Bonchev–Trinajstić information content (AvgIpc) is 3.40. The van der Waals surface area contributed by atoms with Crippen LogP contribution in [0.5, 0.6) is 0 Å². The summed E-state index contributed by atoms with van der Waals surface area (Å²) in [5.41, 5.74) is 0. The minimum Gasteiger partial charge on any atom is -0.545 e. The Morgan fingerprint density at radius 1 is 0.403 bits per heavy atom. The highest BCUT2D eigenvalue weighted by atomic mass is 16.7. The van der Waals surface area contributed by atoms with Crippen molar-refractivity contribution in [3.63, 3.8) is 0 Å². The number of hydrogen-bond acceptors (Lipinski definition) is 8. The topological polar surface area (TPSA) is 111 Å². The van der Waals surface area contributed by atoms with E-state index in [0.29, 0.717) is 17.4 Å². The Morgan fingerprint density at radius 3 is 1.10 bits per heavy atom. The molecule has 0 fully saturated rings. The number of esters is 2. The van der Waals surface area contributed by atoms with Crippen molar-refractivity contribution in [2.75, 3.05) is 47.5 Å². The highest BCUT2D eigenvalue weighted by Gasteiger charge is 2.22. The molecule has 0 aromatic rings. The number of carboxylic acid groups (broad SMARTS) is 1. The molecule has 0 saturated carbocycles. The third kappa shape index (κ3) is 59.7. The Hall–Kier alpha value is -3.79. The summed E-state index contributed by atoms with van der Waals surface area (Å²) in [7, 11) is 5.92. The molecular weight excluding hydrogens is 959 g/mol. The van der Waals surface area contributed by atoms with Gasteiger partial charge in [-0.25, -0.2) is 0 Å². The van der Waals surface area contributed by atoms with E-state index in [1.165, 1.54) is 141 Å². The highest BCUT2D eigenvalue weighted by molar-refractivity contribution is 5.70. The number of likely N-dealkylation sites (N-methyl/N-ethyl adjacent to an activating group) is 1. The molecule has 9 heteroatoms. The molecule has 0 rings (SSSR count). The van der Waals surface area contributed by atoms with Crippen LogP contribution in [0.2, 0.25) is 0 Å². The number of aliphatic carboxylic acids is 1. The number of hydrogen-bond donors (Lipinski definition) is 0. The molecule has 0 bridgehead atoms. The van der Waals surface area contributed by atoms with Crippen LogP contribution in [0.25, 0.3) is 0 Å². The molecule has 2 unspecified atom stereocenters. The molecule has 2 atom stereocenters. The molecule has 0 spiro atoms. The Labute approximate surface area is 473 Å². The van der Waals surface area contributed by atoms with Crippen molar-refractivity contribution < 1.29 is 42.9 Å². The molecule has 0 radical (unpaired) electrons. The zero-order chi connectivity index (χ0) is 56.2. The van der Waals surface area contributed by atoms with Crippen LogP contribution in [-0.2, 0) is 33.3 Å². The Bertz CT molecular complexity index is 1580. The second-order valence-electron chi connectivity index (χ2n) is 22.0. The molecule has 77 heavy (non-hydrogen) atoms. The van der Waals surface area contributed by atoms with E-state index in [1.807, 2.05) is 21.1 Å². The van der Waals surface area contributed by atoms with Gasteiger partial charge in [-0.05, 0) is 96.3 Å². The van der Waals surface area contributed by atoms with Crippen molar-refractivity contribution in [2.45, 2.75) is 270 Å². The number of quaternary nitrogens is 1. The normalized spacial score (nSPS) is 13.4. The largest absolute Gasteiger partial charge is 0.545 e. The van der Waals surface area contributed by atoms with Gasteiger partial charge in [-0.2, -0.15) is 0 Å². The maximum absolute atomic E-state index is 12.9. The number of ether oxygens (including phenoxy) is 4. The summed E-state index contributed by atoms with van der Waals surface area (Å²) in [4.78, 5) is 37.4. The van der Waals surface area contributed by atoms with Crippen LogP contribution in [0.3, 0.4) is 0 Å². The van der Waals surface area contributed by atoms with E-state index in [2.05, 4.69) is 111 Å². The van der Waals surface area contributed by atoms with Gasteiger partial charge in [0.25, 0.3) is 0 Å². The van der Waals surface area contributed by atoms with Gasteiger partial charge in [0.2, 0.25) is 0 Å². The lowest BCUT2D eigenvalue weighted by Crippen LogP contribution is -2.44. The minimum absolute atomic E-state index is 0.143. The first-order valence-electron chi connectivity index (χ1n) is 31.4. The molecular formula is C68H117NO8. The molecule has 0 amide bonds. The molecule has 0 aromatic heterocycles. The number of carboxylic acids is 1. The van der Waals surface area contributed by atoms with Crippen LogP contribution < -0.4 is 5.11 Å². The fraction of sp³-hybridized carbons (Fsp3) is 0.721. The van der Waals surface area contributed by atoms with E-state index in [4.69, 9.17) is 18.9 Å². The molecule has 442 valence electrons. The summed E-state index contributed by atoms with van der Waals surface area (Å²) < 4.78 is 22.7. The molecule has 0 saturated heterocycles. The van der Waals surface area contributed by atoms with Gasteiger partial charge in [0.1, 0.15) is 13.2 Å². The molecule has 0 aromatic carbocycles. The van der Waals surface area contributed by atoms with Crippen molar-refractivity contribution in [3.8, 4) is 0 Å². The van der Waals surface area contributed by atoms with Crippen LogP contribution in [0.15, 0.2) is 97.2 Å². The quantitative estimate of drug-likeness (QED) is 0.0195. The van der Waals surface area contributed by atoms with Crippen molar-refractivity contribution >= 4 is 17.9 Å². The molecule has 9 nitrogen and oxygen atoms in total. The predicted octanol–water partition coefficient (Wildman–Crippen LogP) is 17.6. The third-order valence-corrected chi connectivity index (χ3v) is 13.3. The Balaban J connectivity index is 4.21. The maximum Gasteiger partial charge on any atom is 0.306 e. The smallest absolute Gasteiger partial charge is 0.306 e. The summed E-state index contributed by atoms with van der Waals surface area (Å²) in [6.45, 7) is 4.63. The van der Waals surface area contributed by atoms with E-state index in [0.717, 1.165) is 83.5 Å². The van der Waals surface area contributed by atoms with Crippen molar-refractivity contribution in [3.05, 3.63) is 97.2 Å². The summed E-state index contributed by atoms with van der Waals surface area (Å²) in [6, 6.07) is 0. The average molecular weight is 1080 g/mol. The van der Waals surface area contributed by atoms with Crippen molar-refractivity contribution in [1.82, 2.24) is 0 Å². The van der Waals surface area contributed by atoms with Gasteiger partial charge in [-0.15, -0.1) is 0 Å². The maximum atomic E-state index is 12.9. The number of carbonyl (C=O) groups excluding carboxylic acids is 3. The van der Waals surface area contributed by atoms with Gasteiger partial charge in [0, 0.05) is 12.8 Å². The van der Waals surface area contributed by atoms with Gasteiger partial charge < -0.3 is 33.3 Å². The van der Waals surface area contributed by atoms with E-state index in [9.17, 15) is 19.5 Å². The number of rotatable bonds is 57. The second kappa shape index (κ2) is 58.4. The zero-order valence-corrected chi connectivity index (χ0v) is 50.3. The zero-order valence-electron chi connectivity index (χ0n) is 50.3. The Kier molecular flexibility index (Phi) is 55.5. The highest BCUT2D eigenvalue weighted by Crippen LogP contribution is 2.16. The first-order valence-corrected chi connectivity index (χ1v) is 31.4. The van der Waals surface area contributed by atoms with Gasteiger partial charge >= 0.3 is 11.9 Å². The van der Waals surface area contributed by atoms with Gasteiger partial charge in [0.05, 0.1) is 40.3 Å². The number of allylic oxidation sites excluding steroid dienone is 16. The van der Waals surface area contributed by atoms with Gasteiger partial charge in [0.15, 0.2) is 12.4 Å². The molecule has 0 aliphatic rings. The molecule has 0 N–H and O–H groups in total. The van der Waals surface area contributed by atoms with Gasteiger partial charge in [-0.1, -0.05) is 246 Å². The van der Waals surface area contributed by atoms with Crippen molar-refractivity contribution in [1.29, 1.82) is 0 Å². The third-order valence-electron chi connectivity index (χ3n) is 13.3. The van der Waals surface area contributed by atoms with E-state index in [1.54, 1.807) is 0 Å². The molecule has 0 aliphatic heterocycles. The fourth-order valence-corrected chi connectivity index (χ4v) is 8.51. The van der Waals surface area contributed by atoms with Crippen LogP contribution >= 0.6 is 0 Å². The van der Waals surface area contributed by atoms with Crippen LogP contribution in [0, 0.1) is 0 Å². The fourth-order valence-electron chi connectivity index (χ4n) is 8.51. The number of unbranched alkanes of at least 4 members (excludes halogenated alkanes) is 26. The lowest BCUT2D eigenvalue weighted by molar-refractivity contribution is -0.870. The first kappa shape index (κ1) is 73.2. The van der Waals surface area contributed by atoms with Crippen LogP contribution in [0.1, 0.15) is 258 Å². The van der Waals surface area contributed by atoms with Crippen LogP contribution in [0.4, 0.5) is 0 Å². The second-order valence-corrected chi connectivity index (χ2v) is 22.0. The van der Waals surface area contributed by atoms with Gasteiger partial charge in [-0.3, -0.25) is 9.59 Å². The number of nitrogens with zero attached hydrogens (tertiary/aromatic N) is 1. The van der Waals surface area contributed by atoms with E-state index in [-0.39, 0.29) is 38.6 Å². The van der Waals surface area contributed by atoms with Crippen LogP contribution in [-0.4, -0.2) is 82.3 Å². The Morgan fingerprint density at radius 2 is 0.740 bits per heavy atom. The summed E-state index contributed by atoms with van der Waals surface area (Å²) in [6.07, 6.45) is 76.0. The minimum atomic E-state index is -1.63. The summed E-state index contributed by atoms with van der Waals surface area (Å²) in [5, 5.41) is 11.8. The summed E-state index contributed by atoms with van der Waals surface area (Å²) in [5.74, 6) is -2.29. The number of carbonyl (C=O) groups is 3. The van der Waals surface area contributed by atoms with Crippen molar-refractivity contribution in [2.24, 2.45) is 0 Å². The SMILES string of the molecule is CC/C=C\C/C=C\C/C=C\C/C=C\C/C=C\C/C=C\CCCCCCCCCCCCCCC(=O)OC(COC(=O)CCCCCCCCCCC/C=C\C/C=C\CCCCCCC)COC(OCC[N+](C)(C)C)C(=O)[O-]. The first-order chi connectivity index (χ1) is 37.6. The van der Waals surface area contributed by atoms with E-state index >= 15 is 0 Å².